The number of hydrogen-bond donors (Lipinski definition) is 2. The molecule has 1 aliphatic carbocycles. The molecule has 1 atom stereocenters. The summed E-state index contributed by atoms with van der Waals surface area (Å²) in [6, 6.07) is 20.6. The van der Waals surface area contributed by atoms with Gasteiger partial charge in [0.25, 0.3) is 0 Å². The summed E-state index contributed by atoms with van der Waals surface area (Å²) in [6.45, 7) is 2.46. The largest absolute Gasteiger partial charge is 0.398 e. The first-order valence-corrected chi connectivity index (χ1v) is 10.7. The Hall–Kier alpha value is -1.84. The summed E-state index contributed by atoms with van der Waals surface area (Å²) in [5, 5.41) is 3.95. The van der Waals surface area contributed by atoms with Gasteiger partial charge in [-0.15, -0.1) is 0 Å². The Kier molecular flexibility index (Phi) is 6.10. The van der Waals surface area contributed by atoms with E-state index in [2.05, 4.69) is 52.7 Å². The first kappa shape index (κ1) is 18.5. The van der Waals surface area contributed by atoms with E-state index < -0.39 is 0 Å². The predicted molar refractivity (Wildman–Crippen MR) is 114 cm³/mol. The number of rotatable bonds is 5. The molecule has 0 amide bonds. The van der Waals surface area contributed by atoms with E-state index in [4.69, 9.17) is 5.73 Å². The lowest BCUT2D eigenvalue weighted by Crippen LogP contribution is -2.48. The van der Waals surface area contributed by atoms with Crippen molar-refractivity contribution in [3.05, 3.63) is 65.7 Å². The highest BCUT2D eigenvalue weighted by Crippen LogP contribution is 2.30. The Bertz CT molecular complexity index is 701. The smallest absolute Gasteiger partial charge is 0.0599 e. The second-order valence-electron chi connectivity index (χ2n) is 8.24. The van der Waals surface area contributed by atoms with Crippen LogP contribution in [0.3, 0.4) is 0 Å². The van der Waals surface area contributed by atoms with Crippen molar-refractivity contribution in [3.63, 3.8) is 0 Å². The standard InChI is InChI=1S/C24H33N3/c25-23-14-8-7-13-22(23)24(19-9-3-1-4-10-19)26-20-15-17-27(18-16-20)21-11-5-2-6-12-21/h1,3-4,7-10,13-14,20-21,24,26H,2,5-6,11-12,15-18,25H2. The van der Waals surface area contributed by atoms with E-state index in [9.17, 15) is 0 Å². The van der Waals surface area contributed by atoms with E-state index in [0.29, 0.717) is 6.04 Å². The van der Waals surface area contributed by atoms with Gasteiger partial charge in [0.1, 0.15) is 0 Å². The minimum absolute atomic E-state index is 0.165. The first-order valence-electron chi connectivity index (χ1n) is 10.7. The van der Waals surface area contributed by atoms with Crippen LogP contribution >= 0.6 is 0 Å². The molecular weight excluding hydrogens is 330 g/mol. The van der Waals surface area contributed by atoms with Crippen molar-refractivity contribution in [2.24, 2.45) is 0 Å². The summed E-state index contributed by atoms with van der Waals surface area (Å²) < 4.78 is 0. The fourth-order valence-corrected chi connectivity index (χ4v) is 4.90. The van der Waals surface area contributed by atoms with Crippen LogP contribution in [-0.4, -0.2) is 30.1 Å². The van der Waals surface area contributed by atoms with Crippen molar-refractivity contribution in [3.8, 4) is 0 Å². The van der Waals surface area contributed by atoms with Crippen molar-refractivity contribution in [1.82, 2.24) is 10.2 Å². The number of hydrogen-bond acceptors (Lipinski definition) is 3. The fourth-order valence-electron chi connectivity index (χ4n) is 4.90. The maximum absolute atomic E-state index is 6.34. The Labute approximate surface area is 164 Å². The van der Waals surface area contributed by atoms with Crippen molar-refractivity contribution >= 4 is 5.69 Å². The lowest BCUT2D eigenvalue weighted by molar-refractivity contribution is 0.114. The molecule has 2 aliphatic rings. The molecule has 1 saturated heterocycles. The third-order valence-electron chi connectivity index (χ3n) is 6.46. The number of nitrogens with one attached hydrogen (secondary N) is 1. The molecule has 3 N–H and O–H groups in total. The van der Waals surface area contributed by atoms with Crippen LogP contribution in [0.25, 0.3) is 0 Å². The highest BCUT2D eigenvalue weighted by Gasteiger charge is 2.28. The normalized spacial score (nSPS) is 21.2. The molecule has 4 rings (SSSR count). The summed E-state index contributed by atoms with van der Waals surface area (Å²) in [5.41, 5.74) is 9.70. The number of benzene rings is 2. The van der Waals surface area contributed by atoms with E-state index >= 15 is 0 Å². The zero-order valence-electron chi connectivity index (χ0n) is 16.3. The first-order chi connectivity index (χ1) is 13.3. The second kappa shape index (κ2) is 8.90. The molecule has 2 fully saturated rings. The maximum atomic E-state index is 6.34. The lowest BCUT2D eigenvalue weighted by atomic mass is 9.91. The zero-order chi connectivity index (χ0) is 18.5. The number of para-hydroxylation sites is 1. The van der Waals surface area contributed by atoms with E-state index in [-0.39, 0.29) is 6.04 Å². The molecular formula is C24H33N3. The monoisotopic (exact) mass is 363 g/mol. The highest BCUT2D eigenvalue weighted by atomic mass is 15.2. The summed E-state index contributed by atoms with van der Waals surface area (Å²) in [5.74, 6) is 0. The number of piperidine rings is 1. The van der Waals surface area contributed by atoms with Crippen molar-refractivity contribution in [2.45, 2.75) is 63.1 Å². The molecule has 3 nitrogen and oxygen atoms in total. The van der Waals surface area contributed by atoms with Crippen molar-refractivity contribution in [1.29, 1.82) is 0 Å². The van der Waals surface area contributed by atoms with E-state index in [1.54, 1.807) is 0 Å². The van der Waals surface area contributed by atoms with Crippen LogP contribution in [0.1, 0.15) is 62.1 Å². The van der Waals surface area contributed by atoms with Gasteiger partial charge in [0.15, 0.2) is 0 Å². The summed E-state index contributed by atoms with van der Waals surface area (Å²) in [4.78, 5) is 2.76. The number of nitrogens with two attached hydrogens (primary N) is 1. The third-order valence-corrected chi connectivity index (χ3v) is 6.46. The SMILES string of the molecule is Nc1ccccc1C(NC1CCN(C2CCCCC2)CC1)c1ccccc1. The molecule has 1 saturated carbocycles. The molecule has 0 spiro atoms. The van der Waals surface area contributed by atoms with Gasteiger partial charge < -0.3 is 16.0 Å². The van der Waals surface area contributed by atoms with Gasteiger partial charge in [-0.25, -0.2) is 0 Å². The Morgan fingerprint density at radius 2 is 1.48 bits per heavy atom. The van der Waals surface area contributed by atoms with Crippen LogP contribution in [0.4, 0.5) is 5.69 Å². The van der Waals surface area contributed by atoms with Crippen LogP contribution in [0.5, 0.6) is 0 Å². The lowest BCUT2D eigenvalue weighted by Gasteiger charge is -2.40. The van der Waals surface area contributed by atoms with Crippen LogP contribution in [0, 0.1) is 0 Å². The Morgan fingerprint density at radius 3 is 2.19 bits per heavy atom. The molecule has 0 radical (unpaired) electrons. The third kappa shape index (κ3) is 4.53. The van der Waals surface area contributed by atoms with Crippen molar-refractivity contribution in [2.75, 3.05) is 18.8 Å². The fraction of sp³-hybridized carbons (Fsp3) is 0.500. The minimum atomic E-state index is 0.165. The highest BCUT2D eigenvalue weighted by molar-refractivity contribution is 5.51. The molecule has 2 aromatic rings. The zero-order valence-corrected chi connectivity index (χ0v) is 16.3. The number of anilines is 1. The number of nitrogens with zero attached hydrogens (tertiary/aromatic N) is 1. The molecule has 1 heterocycles. The number of likely N-dealkylation sites (tertiary alicyclic amines) is 1. The predicted octanol–water partition coefficient (Wildman–Crippen LogP) is 4.74. The quantitative estimate of drug-likeness (QED) is 0.754. The van der Waals surface area contributed by atoms with E-state index in [1.807, 2.05) is 12.1 Å². The molecule has 0 bridgehead atoms. The van der Waals surface area contributed by atoms with Gasteiger partial charge in [0, 0.05) is 17.8 Å². The Morgan fingerprint density at radius 1 is 0.815 bits per heavy atom. The summed E-state index contributed by atoms with van der Waals surface area (Å²) in [7, 11) is 0. The van der Waals surface area contributed by atoms with Gasteiger partial charge in [-0.3, -0.25) is 0 Å². The van der Waals surface area contributed by atoms with Gasteiger partial charge in [-0.2, -0.15) is 0 Å². The topological polar surface area (TPSA) is 41.3 Å². The molecule has 3 heteroatoms. The van der Waals surface area contributed by atoms with Gasteiger partial charge in [-0.1, -0.05) is 67.8 Å². The molecule has 1 aliphatic heterocycles. The van der Waals surface area contributed by atoms with Crippen LogP contribution in [0.2, 0.25) is 0 Å². The van der Waals surface area contributed by atoms with Gasteiger partial charge in [0.05, 0.1) is 6.04 Å². The average molecular weight is 364 g/mol. The van der Waals surface area contributed by atoms with Crippen LogP contribution in [0.15, 0.2) is 54.6 Å². The summed E-state index contributed by atoms with van der Waals surface area (Å²) >= 11 is 0. The second-order valence-corrected chi connectivity index (χ2v) is 8.24. The number of nitrogen functional groups attached to an aromatic ring is 1. The molecule has 144 valence electrons. The minimum Gasteiger partial charge on any atom is -0.398 e. The van der Waals surface area contributed by atoms with Crippen molar-refractivity contribution < 1.29 is 0 Å². The van der Waals surface area contributed by atoms with Gasteiger partial charge >= 0.3 is 0 Å². The van der Waals surface area contributed by atoms with Crippen LogP contribution < -0.4 is 11.1 Å². The Balaban J connectivity index is 1.44. The molecule has 2 aromatic carbocycles. The van der Waals surface area contributed by atoms with Crippen LogP contribution in [-0.2, 0) is 0 Å². The van der Waals surface area contributed by atoms with Gasteiger partial charge in [0.2, 0.25) is 0 Å². The maximum Gasteiger partial charge on any atom is 0.0599 e. The molecule has 27 heavy (non-hydrogen) atoms. The average Bonchev–Trinajstić information content (AvgIpc) is 2.74. The summed E-state index contributed by atoms with van der Waals surface area (Å²) in [6.07, 6.45) is 9.56. The van der Waals surface area contributed by atoms with Gasteiger partial charge in [-0.05, 0) is 56.0 Å². The van der Waals surface area contributed by atoms with E-state index in [1.165, 1.54) is 69.2 Å². The molecule has 0 aromatic heterocycles. The van der Waals surface area contributed by atoms with E-state index in [0.717, 1.165) is 11.7 Å². The molecule has 1 unspecified atom stereocenters.